The van der Waals surface area contributed by atoms with Crippen molar-refractivity contribution < 1.29 is 18.0 Å². The molecule has 0 saturated carbocycles. The molecule has 40 heavy (non-hydrogen) atoms. The molecule has 0 unspecified atom stereocenters. The van der Waals surface area contributed by atoms with Crippen molar-refractivity contribution in [3.63, 3.8) is 0 Å². The fraction of sp³-hybridized carbons (Fsp3) is 0.143. The van der Waals surface area contributed by atoms with Crippen molar-refractivity contribution in [1.82, 2.24) is 14.1 Å². The Balaban J connectivity index is 1.57. The zero-order chi connectivity index (χ0) is 28.6. The Morgan fingerprint density at radius 3 is 2.38 bits per heavy atom. The van der Waals surface area contributed by atoms with Crippen LogP contribution in [-0.2, 0) is 11.0 Å². The number of carbonyl (C=O) groups is 1. The molecule has 0 atom stereocenters. The zero-order valence-electron chi connectivity index (χ0n) is 21.2. The third-order valence-corrected chi connectivity index (χ3v) is 8.47. The van der Waals surface area contributed by atoms with Crippen LogP contribution in [0.4, 0.5) is 18.9 Å². The minimum atomic E-state index is -4.62. The summed E-state index contributed by atoms with van der Waals surface area (Å²) in [5, 5.41) is 2.54. The first kappa shape index (κ1) is 27.8. The maximum Gasteiger partial charge on any atom is 0.418 e. The molecule has 5 aromatic rings. The molecule has 5 rings (SSSR count). The van der Waals surface area contributed by atoms with Crippen LogP contribution in [0.1, 0.15) is 16.7 Å². The van der Waals surface area contributed by atoms with Crippen LogP contribution in [0.5, 0.6) is 0 Å². The highest BCUT2D eigenvalue weighted by atomic mass is 32.2. The van der Waals surface area contributed by atoms with Gasteiger partial charge in [-0.25, -0.2) is 4.98 Å². The van der Waals surface area contributed by atoms with E-state index in [0.29, 0.717) is 20.0 Å². The lowest BCUT2D eigenvalue weighted by Gasteiger charge is -2.15. The third kappa shape index (κ3) is 5.47. The number of anilines is 1. The van der Waals surface area contributed by atoms with Gasteiger partial charge in [-0.15, -0.1) is 0 Å². The van der Waals surface area contributed by atoms with Crippen molar-refractivity contribution in [2.75, 3.05) is 11.1 Å². The molecular formula is C28H21F3N4O2S3. The van der Waals surface area contributed by atoms with Crippen molar-refractivity contribution in [2.45, 2.75) is 25.2 Å². The van der Waals surface area contributed by atoms with Gasteiger partial charge in [-0.05, 0) is 73.6 Å². The predicted octanol–water partition coefficient (Wildman–Crippen LogP) is 7.33. The topological polar surface area (TPSA) is 68.9 Å². The van der Waals surface area contributed by atoms with E-state index in [2.05, 4.69) is 5.32 Å². The highest BCUT2D eigenvalue weighted by Gasteiger charge is 2.33. The normalized spacial score (nSPS) is 11.6. The summed E-state index contributed by atoms with van der Waals surface area (Å²) in [5.74, 6) is -0.960. The fourth-order valence-corrected chi connectivity index (χ4v) is 6.19. The van der Waals surface area contributed by atoms with Gasteiger partial charge in [-0.2, -0.15) is 13.2 Å². The number of benzene rings is 3. The van der Waals surface area contributed by atoms with E-state index in [1.54, 1.807) is 34.9 Å². The van der Waals surface area contributed by atoms with E-state index in [9.17, 15) is 22.8 Å². The Hall–Kier alpha value is -3.74. The van der Waals surface area contributed by atoms with E-state index in [1.807, 2.05) is 32.0 Å². The number of fused-ring (bicyclic) bond motifs is 1. The number of aromatic nitrogens is 3. The first-order valence-electron chi connectivity index (χ1n) is 11.9. The molecular weight excluding hydrogens is 578 g/mol. The van der Waals surface area contributed by atoms with Crippen LogP contribution in [-0.4, -0.2) is 25.8 Å². The molecule has 0 saturated heterocycles. The lowest BCUT2D eigenvalue weighted by molar-refractivity contribution is -0.137. The van der Waals surface area contributed by atoms with E-state index >= 15 is 0 Å². The number of hydrogen-bond acceptors (Lipinski definition) is 6. The molecule has 6 nitrogen and oxygen atoms in total. The SMILES string of the molecule is Cc1ccc(-n2c(=S)sc3c(=O)n(-c4ccccc4)c(SCC(=O)Nc4ccccc4C(F)(F)F)nc32)cc1C. The average molecular weight is 599 g/mol. The number of rotatable bonds is 6. The lowest BCUT2D eigenvalue weighted by atomic mass is 10.1. The quantitative estimate of drug-likeness (QED) is 0.126. The van der Waals surface area contributed by atoms with Gasteiger partial charge in [0.1, 0.15) is 4.70 Å². The van der Waals surface area contributed by atoms with Gasteiger partial charge in [0.15, 0.2) is 14.8 Å². The van der Waals surface area contributed by atoms with Gasteiger partial charge >= 0.3 is 6.18 Å². The molecule has 2 aromatic heterocycles. The van der Waals surface area contributed by atoms with Crippen molar-refractivity contribution in [3.05, 3.63) is 104 Å². The molecule has 0 aliphatic rings. The zero-order valence-corrected chi connectivity index (χ0v) is 23.6. The first-order valence-corrected chi connectivity index (χ1v) is 14.2. The number of nitrogens with one attached hydrogen (secondary N) is 1. The van der Waals surface area contributed by atoms with Crippen LogP contribution in [0.25, 0.3) is 21.7 Å². The monoisotopic (exact) mass is 598 g/mol. The number of amides is 1. The summed E-state index contributed by atoms with van der Waals surface area (Å²) in [5.41, 5.74) is 2.13. The number of nitrogens with zero attached hydrogens (tertiary/aromatic N) is 3. The summed E-state index contributed by atoms with van der Waals surface area (Å²) in [6.07, 6.45) is -4.62. The Morgan fingerprint density at radius 2 is 1.68 bits per heavy atom. The first-order chi connectivity index (χ1) is 19.0. The van der Waals surface area contributed by atoms with Gasteiger partial charge < -0.3 is 5.32 Å². The van der Waals surface area contributed by atoms with Crippen LogP contribution in [0.15, 0.2) is 82.7 Å². The molecule has 3 aromatic carbocycles. The van der Waals surface area contributed by atoms with E-state index in [0.717, 1.165) is 46.0 Å². The van der Waals surface area contributed by atoms with E-state index in [-0.39, 0.29) is 22.2 Å². The van der Waals surface area contributed by atoms with Crippen LogP contribution < -0.4 is 10.9 Å². The number of halogens is 3. The van der Waals surface area contributed by atoms with Crippen molar-refractivity contribution >= 4 is 57.3 Å². The van der Waals surface area contributed by atoms with Gasteiger partial charge in [0, 0.05) is 5.69 Å². The summed E-state index contributed by atoms with van der Waals surface area (Å²) < 4.78 is 44.1. The van der Waals surface area contributed by atoms with Crippen molar-refractivity contribution in [2.24, 2.45) is 0 Å². The number of alkyl halides is 3. The minimum absolute atomic E-state index is 0.202. The van der Waals surface area contributed by atoms with Crippen LogP contribution in [0.2, 0.25) is 0 Å². The molecule has 0 aliphatic carbocycles. The standard InChI is InChI=1S/C28H21F3N4O2S3/c1-16-12-13-19(14-17(16)2)34-24-23(40-27(34)38)25(37)35(18-8-4-3-5-9-18)26(33-24)39-15-22(36)32-21-11-7-6-10-20(21)28(29,30)31/h3-14H,15H2,1-2H3,(H,32,36). The van der Waals surface area contributed by atoms with E-state index < -0.39 is 17.6 Å². The molecule has 1 amide bonds. The molecule has 0 radical (unpaired) electrons. The number of hydrogen-bond donors (Lipinski definition) is 1. The molecule has 0 spiro atoms. The molecule has 204 valence electrons. The van der Waals surface area contributed by atoms with Crippen LogP contribution >= 0.6 is 35.3 Å². The maximum atomic E-state index is 13.8. The second kappa shape index (κ2) is 11.0. The van der Waals surface area contributed by atoms with Gasteiger partial charge in [0.25, 0.3) is 5.56 Å². The van der Waals surface area contributed by atoms with Gasteiger partial charge in [0.05, 0.1) is 22.7 Å². The van der Waals surface area contributed by atoms with Gasteiger partial charge in [-0.3, -0.25) is 18.7 Å². The second-order valence-corrected chi connectivity index (χ2v) is 11.5. The van der Waals surface area contributed by atoms with E-state index in [4.69, 9.17) is 17.2 Å². The second-order valence-electron chi connectivity index (χ2n) is 8.88. The third-order valence-electron chi connectivity index (χ3n) is 6.18. The van der Waals surface area contributed by atoms with Gasteiger partial charge in [-0.1, -0.05) is 59.5 Å². The maximum absolute atomic E-state index is 13.8. The Labute approximate surface area is 240 Å². The molecule has 2 heterocycles. The Morgan fingerprint density at radius 1 is 0.975 bits per heavy atom. The molecule has 0 bridgehead atoms. The largest absolute Gasteiger partial charge is 0.418 e. The minimum Gasteiger partial charge on any atom is -0.325 e. The average Bonchev–Trinajstić information content (AvgIpc) is 3.25. The summed E-state index contributed by atoms with van der Waals surface area (Å²) in [7, 11) is 0. The smallest absolute Gasteiger partial charge is 0.325 e. The highest BCUT2D eigenvalue weighted by Crippen LogP contribution is 2.35. The molecule has 12 heteroatoms. The van der Waals surface area contributed by atoms with Crippen molar-refractivity contribution in [1.29, 1.82) is 0 Å². The summed E-state index contributed by atoms with van der Waals surface area (Å²) >= 11 is 7.72. The van der Waals surface area contributed by atoms with Crippen LogP contribution in [0.3, 0.4) is 0 Å². The number of carbonyl (C=O) groups excluding carboxylic acids is 1. The summed E-state index contributed by atoms with van der Waals surface area (Å²) in [6.45, 7) is 3.97. The van der Waals surface area contributed by atoms with Crippen molar-refractivity contribution in [3.8, 4) is 11.4 Å². The summed E-state index contributed by atoms with van der Waals surface area (Å²) in [4.78, 5) is 31.4. The number of thiazole rings is 1. The molecule has 0 aliphatic heterocycles. The fourth-order valence-electron chi connectivity index (χ4n) is 4.09. The highest BCUT2D eigenvalue weighted by molar-refractivity contribution is 7.99. The van der Waals surface area contributed by atoms with Gasteiger partial charge in [0.2, 0.25) is 5.91 Å². The predicted molar refractivity (Wildman–Crippen MR) is 156 cm³/mol. The van der Waals surface area contributed by atoms with E-state index in [1.165, 1.54) is 22.8 Å². The number of aryl methyl sites for hydroxylation is 2. The number of para-hydroxylation sites is 2. The lowest BCUT2D eigenvalue weighted by Crippen LogP contribution is -2.23. The molecule has 1 N–H and O–H groups in total. The Bertz CT molecular complexity index is 1860. The molecule has 0 fully saturated rings. The summed E-state index contributed by atoms with van der Waals surface area (Å²) in [6, 6.07) is 19.4. The van der Waals surface area contributed by atoms with Crippen LogP contribution in [0, 0.1) is 17.8 Å². The number of thioether (sulfide) groups is 1. The Kier molecular flexibility index (Phi) is 7.67.